The zero-order valence-electron chi connectivity index (χ0n) is 15.4. The van der Waals surface area contributed by atoms with E-state index in [4.69, 9.17) is 0 Å². The number of aliphatic hydroxyl groups excluding tert-OH is 1. The fourth-order valence-corrected chi connectivity index (χ4v) is 3.76. The third-order valence-corrected chi connectivity index (χ3v) is 5.14. The molecule has 0 unspecified atom stereocenters. The Morgan fingerprint density at radius 1 is 1.19 bits per heavy atom. The predicted molar refractivity (Wildman–Crippen MR) is 103 cm³/mol. The average Bonchev–Trinajstić information content (AvgIpc) is 2.65. The zero-order chi connectivity index (χ0) is 18.5. The van der Waals surface area contributed by atoms with Crippen LogP contribution in [0.25, 0.3) is 11.1 Å². The molecule has 0 spiro atoms. The Bertz CT molecular complexity index is 718. The molecule has 5 heteroatoms. The molecule has 5 nitrogen and oxygen atoms in total. The second-order valence-electron chi connectivity index (χ2n) is 6.92. The van der Waals surface area contributed by atoms with Gasteiger partial charge in [0.25, 0.3) is 0 Å². The number of aromatic nitrogens is 1. The number of aliphatic hydroxyl groups is 1. The fraction of sp³-hybridized carbons (Fsp3) is 0.429. The smallest absolute Gasteiger partial charge is 0.219 e. The number of pyridine rings is 1. The fourth-order valence-electron chi connectivity index (χ4n) is 3.76. The summed E-state index contributed by atoms with van der Waals surface area (Å²) in [6.45, 7) is 5.24. The van der Waals surface area contributed by atoms with Gasteiger partial charge < -0.3 is 15.3 Å². The van der Waals surface area contributed by atoms with E-state index >= 15 is 0 Å². The minimum atomic E-state index is 0.0414. The molecule has 0 bridgehead atoms. The first-order valence-electron chi connectivity index (χ1n) is 9.26. The van der Waals surface area contributed by atoms with Crippen LogP contribution in [0.1, 0.15) is 31.7 Å². The van der Waals surface area contributed by atoms with Gasteiger partial charge in [-0.2, -0.15) is 0 Å². The van der Waals surface area contributed by atoms with Crippen molar-refractivity contribution in [1.82, 2.24) is 15.2 Å². The van der Waals surface area contributed by atoms with Gasteiger partial charge in [-0.3, -0.25) is 9.78 Å². The summed E-state index contributed by atoms with van der Waals surface area (Å²) in [5.41, 5.74) is 3.41. The van der Waals surface area contributed by atoms with Gasteiger partial charge in [0, 0.05) is 50.4 Å². The first-order chi connectivity index (χ1) is 12.6. The number of hydrogen-bond donors (Lipinski definition) is 2. The molecule has 1 saturated heterocycles. The van der Waals surface area contributed by atoms with E-state index in [1.807, 2.05) is 23.2 Å². The number of amides is 1. The molecule has 26 heavy (non-hydrogen) atoms. The number of benzene rings is 1. The molecule has 2 heterocycles. The second-order valence-corrected chi connectivity index (χ2v) is 6.92. The molecular formula is C21H27N3O2. The quantitative estimate of drug-likeness (QED) is 0.802. The third kappa shape index (κ3) is 3.94. The monoisotopic (exact) mass is 353 g/mol. The Morgan fingerprint density at radius 2 is 1.96 bits per heavy atom. The standard InChI is InChI=1S/C21H27N3O2/c1-3-11-24(15(2)26)13-19-21(20(14-25)23-19)17-8-6-16(7-9-17)18-5-4-10-22-12-18/h4-10,12,19-21,23,25H,3,11,13-14H2,1-2H3/t19-,20-,21-/m0/s1. The summed E-state index contributed by atoms with van der Waals surface area (Å²) in [7, 11) is 0. The Hall–Kier alpha value is -2.24. The van der Waals surface area contributed by atoms with Gasteiger partial charge in [0.05, 0.1) is 6.61 Å². The van der Waals surface area contributed by atoms with Gasteiger partial charge in [0.1, 0.15) is 0 Å². The second kappa shape index (κ2) is 8.43. The number of carbonyl (C=O) groups is 1. The zero-order valence-corrected chi connectivity index (χ0v) is 15.4. The van der Waals surface area contributed by atoms with Gasteiger partial charge in [0.15, 0.2) is 0 Å². The van der Waals surface area contributed by atoms with Crippen LogP contribution in [0.5, 0.6) is 0 Å². The van der Waals surface area contributed by atoms with Gasteiger partial charge in [-0.25, -0.2) is 0 Å². The van der Waals surface area contributed by atoms with Crippen molar-refractivity contribution in [2.75, 3.05) is 19.7 Å². The topological polar surface area (TPSA) is 65.5 Å². The van der Waals surface area contributed by atoms with Crippen LogP contribution in [0.15, 0.2) is 48.8 Å². The Morgan fingerprint density at radius 3 is 2.54 bits per heavy atom. The van der Waals surface area contributed by atoms with Gasteiger partial charge in [-0.05, 0) is 29.2 Å². The van der Waals surface area contributed by atoms with Crippen molar-refractivity contribution in [3.8, 4) is 11.1 Å². The highest BCUT2D eigenvalue weighted by Gasteiger charge is 2.41. The minimum absolute atomic E-state index is 0.0414. The molecule has 0 aliphatic carbocycles. The number of nitrogens with one attached hydrogen (secondary N) is 1. The summed E-state index contributed by atoms with van der Waals surface area (Å²) < 4.78 is 0. The lowest BCUT2D eigenvalue weighted by molar-refractivity contribution is -0.129. The van der Waals surface area contributed by atoms with Gasteiger partial charge >= 0.3 is 0 Å². The Kier molecular flexibility index (Phi) is 6.01. The summed E-state index contributed by atoms with van der Waals surface area (Å²) in [6, 6.07) is 12.6. The minimum Gasteiger partial charge on any atom is -0.395 e. The van der Waals surface area contributed by atoms with E-state index in [1.54, 1.807) is 13.1 Å². The molecule has 2 N–H and O–H groups in total. The number of nitrogens with zero attached hydrogens (tertiary/aromatic N) is 2. The molecular weight excluding hydrogens is 326 g/mol. The van der Waals surface area contributed by atoms with Gasteiger partial charge in [-0.1, -0.05) is 37.3 Å². The van der Waals surface area contributed by atoms with E-state index in [1.165, 1.54) is 5.56 Å². The summed E-state index contributed by atoms with van der Waals surface area (Å²) in [5.74, 6) is 0.313. The number of carbonyl (C=O) groups excluding carboxylic acids is 1. The van der Waals surface area contributed by atoms with E-state index < -0.39 is 0 Å². The number of rotatable bonds is 7. The molecule has 1 fully saturated rings. The summed E-state index contributed by atoms with van der Waals surface area (Å²) in [6.07, 6.45) is 4.57. The Balaban J connectivity index is 1.75. The van der Waals surface area contributed by atoms with Crippen LogP contribution < -0.4 is 5.32 Å². The first kappa shape index (κ1) is 18.5. The summed E-state index contributed by atoms with van der Waals surface area (Å²) in [5, 5.41) is 13.1. The maximum atomic E-state index is 11.8. The lowest BCUT2D eigenvalue weighted by Gasteiger charge is -2.47. The Labute approximate surface area is 155 Å². The lowest BCUT2D eigenvalue weighted by Crippen LogP contribution is -2.65. The molecule has 2 aromatic rings. The van der Waals surface area contributed by atoms with E-state index in [0.29, 0.717) is 6.54 Å². The molecule has 1 aliphatic rings. The molecule has 1 aromatic carbocycles. The SMILES string of the molecule is CCCN(C[C@@H]1N[C@@H](CO)[C@H]1c1ccc(-c2cccnc2)cc1)C(C)=O. The van der Waals surface area contributed by atoms with E-state index in [0.717, 1.165) is 24.1 Å². The van der Waals surface area contributed by atoms with Crippen LogP contribution in [0, 0.1) is 0 Å². The third-order valence-electron chi connectivity index (χ3n) is 5.14. The number of hydrogen-bond acceptors (Lipinski definition) is 4. The highest BCUT2D eigenvalue weighted by atomic mass is 16.3. The molecule has 138 valence electrons. The van der Waals surface area contributed by atoms with Crippen LogP contribution in [-0.2, 0) is 4.79 Å². The van der Waals surface area contributed by atoms with Gasteiger partial charge in [-0.15, -0.1) is 0 Å². The van der Waals surface area contributed by atoms with Crippen LogP contribution in [0.4, 0.5) is 0 Å². The van der Waals surface area contributed by atoms with Crippen molar-refractivity contribution in [2.24, 2.45) is 0 Å². The van der Waals surface area contributed by atoms with E-state index in [-0.39, 0.29) is 30.5 Å². The van der Waals surface area contributed by atoms with Crippen LogP contribution in [0.3, 0.4) is 0 Å². The molecule has 1 amide bonds. The first-order valence-corrected chi connectivity index (χ1v) is 9.26. The molecule has 1 aliphatic heterocycles. The maximum absolute atomic E-state index is 11.8. The molecule has 3 atom stereocenters. The molecule has 3 rings (SSSR count). The highest BCUT2D eigenvalue weighted by Crippen LogP contribution is 2.33. The van der Waals surface area contributed by atoms with Crippen molar-refractivity contribution in [3.05, 3.63) is 54.4 Å². The largest absolute Gasteiger partial charge is 0.395 e. The van der Waals surface area contributed by atoms with E-state index in [9.17, 15) is 9.90 Å². The average molecular weight is 353 g/mol. The van der Waals surface area contributed by atoms with Crippen molar-refractivity contribution < 1.29 is 9.90 Å². The van der Waals surface area contributed by atoms with Gasteiger partial charge in [0.2, 0.25) is 5.91 Å². The van der Waals surface area contributed by atoms with Crippen molar-refractivity contribution in [1.29, 1.82) is 0 Å². The predicted octanol–water partition coefficient (Wildman–Crippen LogP) is 2.42. The summed E-state index contributed by atoms with van der Waals surface area (Å²) in [4.78, 5) is 17.9. The van der Waals surface area contributed by atoms with Crippen LogP contribution >= 0.6 is 0 Å². The maximum Gasteiger partial charge on any atom is 0.219 e. The highest BCUT2D eigenvalue weighted by molar-refractivity contribution is 5.73. The molecule has 1 aromatic heterocycles. The normalized spacial score (nSPS) is 21.9. The van der Waals surface area contributed by atoms with E-state index in [2.05, 4.69) is 41.5 Å². The van der Waals surface area contributed by atoms with Crippen LogP contribution in [-0.4, -0.2) is 52.7 Å². The van der Waals surface area contributed by atoms with Crippen molar-refractivity contribution >= 4 is 5.91 Å². The van der Waals surface area contributed by atoms with Crippen molar-refractivity contribution in [2.45, 2.75) is 38.3 Å². The van der Waals surface area contributed by atoms with Crippen molar-refractivity contribution in [3.63, 3.8) is 0 Å². The molecule has 0 radical (unpaired) electrons. The molecule has 0 saturated carbocycles. The lowest BCUT2D eigenvalue weighted by atomic mass is 9.77. The summed E-state index contributed by atoms with van der Waals surface area (Å²) >= 11 is 0. The van der Waals surface area contributed by atoms with Crippen LogP contribution in [0.2, 0.25) is 0 Å².